The maximum atomic E-state index is 11.8. The van der Waals surface area contributed by atoms with Gasteiger partial charge in [0.1, 0.15) is 0 Å². The van der Waals surface area contributed by atoms with Crippen LogP contribution in [0.4, 0.5) is 0 Å². The molecule has 4 N–H and O–H groups in total. The largest absolute Gasteiger partial charge is 0.493 e. The van der Waals surface area contributed by atoms with Gasteiger partial charge in [0.05, 0.1) is 25.8 Å². The third-order valence-corrected chi connectivity index (χ3v) is 3.50. The van der Waals surface area contributed by atoms with Gasteiger partial charge in [-0.1, -0.05) is 12.1 Å². The van der Waals surface area contributed by atoms with Crippen LogP contribution in [0.3, 0.4) is 0 Å². The lowest BCUT2D eigenvalue weighted by atomic mass is 9.94. The average molecular weight is 307 g/mol. The van der Waals surface area contributed by atoms with Gasteiger partial charge in [-0.2, -0.15) is 0 Å². The van der Waals surface area contributed by atoms with E-state index in [2.05, 4.69) is 10.6 Å². The molecule has 0 aliphatic carbocycles. The third kappa shape index (κ3) is 2.78. The second-order valence-electron chi connectivity index (χ2n) is 4.52. The molecule has 1 aromatic rings. The molecule has 6 nitrogen and oxygen atoms in total. The van der Waals surface area contributed by atoms with Crippen molar-refractivity contribution in [2.45, 2.75) is 13.0 Å². The molecule has 0 aromatic heterocycles. The minimum Gasteiger partial charge on any atom is -0.493 e. The van der Waals surface area contributed by atoms with Crippen LogP contribution in [-0.4, -0.2) is 25.2 Å². The maximum absolute atomic E-state index is 11.8. The van der Waals surface area contributed by atoms with Crippen molar-refractivity contribution in [1.82, 2.24) is 10.6 Å². The number of hydrogen-bond acceptors (Lipinski definition) is 4. The molecule has 7 heteroatoms. The Labute approximate surface area is 128 Å². The summed E-state index contributed by atoms with van der Waals surface area (Å²) in [5.74, 6) is 0.585. The average Bonchev–Trinajstić information content (AvgIpc) is 2.44. The van der Waals surface area contributed by atoms with Gasteiger partial charge < -0.3 is 25.8 Å². The molecule has 112 valence electrons. The Morgan fingerprint density at radius 1 is 1.33 bits per heavy atom. The molecule has 0 radical (unpaired) electrons. The molecule has 1 amide bonds. The first-order chi connectivity index (χ1) is 9.99. The van der Waals surface area contributed by atoms with Crippen LogP contribution in [0.15, 0.2) is 29.5 Å². The quantitative estimate of drug-likeness (QED) is 0.719. The number of thiocarbonyl (C=S) groups is 1. The summed E-state index contributed by atoms with van der Waals surface area (Å²) in [7, 11) is 3.10. The number of nitrogens with one attached hydrogen (secondary N) is 2. The Hall–Kier alpha value is -2.28. The fraction of sp³-hybridized carbons (Fsp3) is 0.286. The Morgan fingerprint density at radius 3 is 2.62 bits per heavy atom. The molecule has 1 aliphatic rings. The molecule has 0 bridgehead atoms. The molecule has 1 aliphatic heterocycles. The number of benzene rings is 1. The summed E-state index contributed by atoms with van der Waals surface area (Å²) in [4.78, 5) is 11.8. The third-order valence-electron chi connectivity index (χ3n) is 3.28. The fourth-order valence-electron chi connectivity index (χ4n) is 2.39. The minimum absolute atomic E-state index is 0.412. The Kier molecular flexibility index (Phi) is 4.32. The van der Waals surface area contributed by atoms with Crippen LogP contribution >= 0.6 is 12.2 Å². The van der Waals surface area contributed by atoms with Crippen molar-refractivity contribution in [3.05, 3.63) is 35.0 Å². The first kappa shape index (κ1) is 15.1. The van der Waals surface area contributed by atoms with Crippen LogP contribution in [-0.2, 0) is 4.79 Å². The van der Waals surface area contributed by atoms with E-state index >= 15 is 0 Å². The predicted octanol–water partition coefficient (Wildman–Crippen LogP) is 0.982. The number of methoxy groups -OCH3 is 2. The number of carbonyl (C=O) groups is 1. The summed E-state index contributed by atoms with van der Waals surface area (Å²) in [5, 5.41) is 6.37. The van der Waals surface area contributed by atoms with Crippen LogP contribution in [0.1, 0.15) is 18.5 Å². The lowest BCUT2D eigenvalue weighted by Gasteiger charge is -2.30. The molecule has 1 atom stereocenters. The summed E-state index contributed by atoms with van der Waals surface area (Å²) in [6.07, 6.45) is 0. The van der Waals surface area contributed by atoms with E-state index in [1.165, 1.54) is 0 Å². The van der Waals surface area contributed by atoms with E-state index in [0.717, 1.165) is 5.56 Å². The first-order valence-corrected chi connectivity index (χ1v) is 6.69. The van der Waals surface area contributed by atoms with Crippen LogP contribution in [0, 0.1) is 0 Å². The van der Waals surface area contributed by atoms with Crippen molar-refractivity contribution in [1.29, 1.82) is 0 Å². The monoisotopic (exact) mass is 307 g/mol. The molecule has 1 heterocycles. The molecular formula is C14H17N3O3S. The Bertz CT molecular complexity index is 628. The molecule has 0 fully saturated rings. The number of rotatable bonds is 4. The van der Waals surface area contributed by atoms with Gasteiger partial charge in [0.25, 0.3) is 0 Å². The Balaban J connectivity index is 2.61. The van der Waals surface area contributed by atoms with Crippen molar-refractivity contribution >= 4 is 23.2 Å². The highest BCUT2D eigenvalue weighted by atomic mass is 32.1. The summed E-state index contributed by atoms with van der Waals surface area (Å²) in [5.41, 5.74) is 7.27. The lowest BCUT2D eigenvalue weighted by Crippen LogP contribution is -2.46. The van der Waals surface area contributed by atoms with Gasteiger partial charge in [0, 0.05) is 11.3 Å². The van der Waals surface area contributed by atoms with Gasteiger partial charge in [-0.05, 0) is 25.2 Å². The topological polar surface area (TPSA) is 85.6 Å². The van der Waals surface area contributed by atoms with Crippen LogP contribution in [0.2, 0.25) is 0 Å². The molecular weight excluding hydrogens is 290 g/mol. The normalized spacial score (nSPS) is 17.9. The molecule has 0 saturated heterocycles. The molecule has 1 aromatic carbocycles. The summed E-state index contributed by atoms with van der Waals surface area (Å²) >= 11 is 5.16. The van der Waals surface area contributed by atoms with E-state index in [4.69, 9.17) is 27.4 Å². The molecule has 0 spiro atoms. The Morgan fingerprint density at radius 2 is 2.05 bits per heavy atom. The number of para-hydroxylation sites is 1. The van der Waals surface area contributed by atoms with Gasteiger partial charge in [-0.25, -0.2) is 0 Å². The minimum atomic E-state index is -0.523. The van der Waals surface area contributed by atoms with Crippen molar-refractivity contribution < 1.29 is 14.3 Å². The van der Waals surface area contributed by atoms with Crippen molar-refractivity contribution in [2.75, 3.05) is 14.2 Å². The van der Waals surface area contributed by atoms with E-state index in [-0.39, 0.29) is 0 Å². The number of ether oxygens (including phenoxy) is 2. The van der Waals surface area contributed by atoms with Crippen molar-refractivity contribution in [3.8, 4) is 11.5 Å². The fourth-order valence-corrected chi connectivity index (χ4v) is 2.66. The number of hydrogen-bond donors (Lipinski definition) is 3. The van der Waals surface area contributed by atoms with E-state index in [0.29, 0.717) is 27.9 Å². The second kappa shape index (κ2) is 6.01. The second-order valence-corrected chi connectivity index (χ2v) is 4.93. The predicted molar refractivity (Wildman–Crippen MR) is 83.1 cm³/mol. The summed E-state index contributed by atoms with van der Waals surface area (Å²) in [6.45, 7) is 1.76. The van der Waals surface area contributed by atoms with Gasteiger partial charge in [0.2, 0.25) is 5.91 Å². The van der Waals surface area contributed by atoms with Crippen LogP contribution < -0.4 is 25.8 Å². The number of primary amides is 1. The number of amides is 1. The zero-order chi connectivity index (χ0) is 15.6. The highest BCUT2D eigenvalue weighted by Crippen LogP contribution is 2.38. The van der Waals surface area contributed by atoms with Crippen molar-refractivity contribution in [2.24, 2.45) is 5.73 Å². The van der Waals surface area contributed by atoms with Crippen LogP contribution in [0.25, 0.3) is 0 Å². The highest BCUT2D eigenvalue weighted by molar-refractivity contribution is 7.80. The van der Waals surface area contributed by atoms with Gasteiger partial charge in [-0.15, -0.1) is 0 Å². The van der Waals surface area contributed by atoms with Gasteiger partial charge in [-0.3, -0.25) is 4.79 Å². The highest BCUT2D eigenvalue weighted by Gasteiger charge is 2.31. The lowest BCUT2D eigenvalue weighted by molar-refractivity contribution is -0.115. The zero-order valence-corrected chi connectivity index (χ0v) is 12.8. The van der Waals surface area contributed by atoms with E-state index in [1.54, 1.807) is 27.2 Å². The van der Waals surface area contributed by atoms with E-state index < -0.39 is 11.9 Å². The maximum Gasteiger partial charge on any atom is 0.248 e. The van der Waals surface area contributed by atoms with Crippen LogP contribution in [0.5, 0.6) is 11.5 Å². The summed E-state index contributed by atoms with van der Waals surface area (Å²) in [6, 6.07) is 4.95. The molecule has 2 rings (SSSR count). The molecule has 0 saturated carbocycles. The number of carbonyl (C=O) groups excluding carboxylic acids is 1. The van der Waals surface area contributed by atoms with Crippen molar-refractivity contribution in [3.63, 3.8) is 0 Å². The SMILES string of the molecule is COc1cccc([C@H]2NC(=S)NC(C)=C2C(N)=O)c1OC. The smallest absolute Gasteiger partial charge is 0.248 e. The standard InChI is InChI=1S/C14H17N3O3S/c1-7-10(13(15)18)11(17-14(21)16-7)8-5-4-6-9(19-2)12(8)20-3/h4-6,11H,1-3H3,(H2,15,18)(H2,16,17,21)/t11-/m1/s1. The molecule has 21 heavy (non-hydrogen) atoms. The first-order valence-electron chi connectivity index (χ1n) is 6.28. The molecule has 0 unspecified atom stereocenters. The number of nitrogens with two attached hydrogens (primary N) is 1. The van der Waals surface area contributed by atoms with E-state index in [1.807, 2.05) is 12.1 Å². The zero-order valence-electron chi connectivity index (χ0n) is 12.0. The van der Waals surface area contributed by atoms with Gasteiger partial charge in [0.15, 0.2) is 16.6 Å². The number of allylic oxidation sites excluding steroid dienone is 1. The summed E-state index contributed by atoms with van der Waals surface area (Å²) < 4.78 is 10.7. The van der Waals surface area contributed by atoms with E-state index in [9.17, 15) is 4.79 Å². The van der Waals surface area contributed by atoms with Gasteiger partial charge >= 0.3 is 0 Å².